The summed E-state index contributed by atoms with van der Waals surface area (Å²) in [6.07, 6.45) is 6.03. The van der Waals surface area contributed by atoms with E-state index in [-0.39, 0.29) is 17.9 Å². The molecule has 7 nitrogen and oxygen atoms in total. The third-order valence-corrected chi connectivity index (χ3v) is 4.12. The smallest absolute Gasteiger partial charge is 0.245 e. The van der Waals surface area contributed by atoms with Crippen molar-refractivity contribution in [1.82, 2.24) is 20.2 Å². The van der Waals surface area contributed by atoms with Crippen LogP contribution in [0.2, 0.25) is 0 Å². The number of nitrogens with zero attached hydrogens (tertiary/aromatic N) is 3. The first-order chi connectivity index (χ1) is 11.0. The summed E-state index contributed by atoms with van der Waals surface area (Å²) in [5.74, 6) is 0.616. The highest BCUT2D eigenvalue weighted by molar-refractivity contribution is 5.84. The molecule has 2 rings (SSSR count). The van der Waals surface area contributed by atoms with Gasteiger partial charge in [-0.1, -0.05) is 13.8 Å². The molecule has 2 amide bonds. The molecule has 1 saturated heterocycles. The summed E-state index contributed by atoms with van der Waals surface area (Å²) in [5, 5.41) is 5.84. The molecule has 126 valence electrons. The third kappa shape index (κ3) is 4.40. The fourth-order valence-electron chi connectivity index (χ4n) is 2.83. The molecule has 0 unspecified atom stereocenters. The van der Waals surface area contributed by atoms with Gasteiger partial charge in [0.05, 0.1) is 0 Å². The van der Waals surface area contributed by atoms with Gasteiger partial charge in [-0.15, -0.1) is 0 Å². The largest absolute Gasteiger partial charge is 0.352 e. The van der Waals surface area contributed by atoms with Gasteiger partial charge in [-0.2, -0.15) is 0 Å². The number of amides is 2. The van der Waals surface area contributed by atoms with E-state index in [1.807, 2.05) is 25.7 Å². The summed E-state index contributed by atoms with van der Waals surface area (Å²) < 4.78 is 0. The molecule has 0 saturated carbocycles. The van der Waals surface area contributed by atoms with E-state index in [0.29, 0.717) is 18.9 Å². The number of likely N-dealkylation sites (tertiary alicyclic amines) is 1. The number of aromatic nitrogens is 2. The Labute approximate surface area is 136 Å². The first kappa shape index (κ1) is 17.2. The van der Waals surface area contributed by atoms with Crippen molar-refractivity contribution < 1.29 is 9.59 Å². The molecular weight excluding hydrogens is 294 g/mol. The lowest BCUT2D eigenvalue weighted by Crippen LogP contribution is -2.51. The van der Waals surface area contributed by atoms with E-state index in [1.165, 1.54) is 0 Å². The van der Waals surface area contributed by atoms with Crippen LogP contribution in [-0.4, -0.2) is 52.4 Å². The van der Waals surface area contributed by atoms with Gasteiger partial charge in [-0.05, 0) is 31.2 Å². The Morgan fingerprint density at radius 1 is 1.43 bits per heavy atom. The molecule has 0 spiro atoms. The molecule has 1 aliphatic rings. The number of aryl methyl sites for hydroxylation is 1. The SMILES string of the molecule is Cc1cnc(NC[C@@H]2CCCN2C(=O)[C@@H](NC=O)C(C)C)nc1. The minimum atomic E-state index is -0.469. The van der Waals surface area contributed by atoms with Crippen molar-refractivity contribution in [1.29, 1.82) is 0 Å². The van der Waals surface area contributed by atoms with Gasteiger partial charge in [0.2, 0.25) is 18.3 Å². The van der Waals surface area contributed by atoms with Crippen molar-refractivity contribution in [2.24, 2.45) is 5.92 Å². The lowest BCUT2D eigenvalue weighted by Gasteiger charge is -2.30. The van der Waals surface area contributed by atoms with Crippen LogP contribution in [0.1, 0.15) is 32.3 Å². The first-order valence-corrected chi connectivity index (χ1v) is 8.05. The molecule has 2 N–H and O–H groups in total. The fraction of sp³-hybridized carbons (Fsp3) is 0.625. The quantitative estimate of drug-likeness (QED) is 0.731. The maximum Gasteiger partial charge on any atom is 0.245 e. The van der Waals surface area contributed by atoms with Crippen LogP contribution in [0.4, 0.5) is 5.95 Å². The number of carbonyl (C=O) groups excluding carboxylic acids is 2. The van der Waals surface area contributed by atoms with E-state index in [0.717, 1.165) is 24.9 Å². The summed E-state index contributed by atoms with van der Waals surface area (Å²) in [7, 11) is 0. The lowest BCUT2D eigenvalue weighted by molar-refractivity contribution is -0.136. The Morgan fingerprint density at radius 2 is 2.13 bits per heavy atom. The van der Waals surface area contributed by atoms with Gasteiger partial charge in [0.15, 0.2) is 0 Å². The highest BCUT2D eigenvalue weighted by atomic mass is 16.2. The summed E-state index contributed by atoms with van der Waals surface area (Å²) in [4.78, 5) is 33.7. The summed E-state index contributed by atoms with van der Waals surface area (Å²) in [6.45, 7) is 7.14. The fourth-order valence-corrected chi connectivity index (χ4v) is 2.83. The summed E-state index contributed by atoms with van der Waals surface area (Å²) in [5.41, 5.74) is 1.01. The van der Waals surface area contributed by atoms with Crippen molar-refractivity contribution in [2.45, 2.75) is 45.7 Å². The molecule has 2 heterocycles. The Morgan fingerprint density at radius 3 is 2.74 bits per heavy atom. The van der Waals surface area contributed by atoms with Crippen LogP contribution in [0.25, 0.3) is 0 Å². The second-order valence-electron chi connectivity index (χ2n) is 6.30. The van der Waals surface area contributed by atoms with Crippen molar-refractivity contribution in [3.63, 3.8) is 0 Å². The standard InChI is InChI=1S/C16H25N5O2/c1-11(2)14(20-10-22)15(23)21-6-4-5-13(21)9-19-16-17-7-12(3)8-18-16/h7-8,10-11,13-14H,4-6,9H2,1-3H3,(H,20,22)(H,17,18,19)/t13-,14-/m0/s1. The van der Waals surface area contributed by atoms with Crippen LogP contribution in [0.5, 0.6) is 0 Å². The van der Waals surface area contributed by atoms with Crippen LogP contribution < -0.4 is 10.6 Å². The second-order valence-corrected chi connectivity index (χ2v) is 6.30. The Kier molecular flexibility index (Phi) is 5.90. The molecule has 0 bridgehead atoms. The van der Waals surface area contributed by atoms with Gasteiger partial charge in [-0.25, -0.2) is 9.97 Å². The minimum Gasteiger partial charge on any atom is -0.352 e. The van der Waals surface area contributed by atoms with Gasteiger partial charge < -0.3 is 15.5 Å². The molecule has 7 heteroatoms. The van der Waals surface area contributed by atoms with Crippen molar-refractivity contribution in [3.8, 4) is 0 Å². The molecule has 1 aromatic rings. The molecule has 1 aliphatic heterocycles. The summed E-state index contributed by atoms with van der Waals surface area (Å²) >= 11 is 0. The molecule has 0 radical (unpaired) electrons. The Bertz CT molecular complexity index is 532. The maximum absolute atomic E-state index is 12.7. The normalized spacial score (nSPS) is 18.8. The van der Waals surface area contributed by atoms with Crippen LogP contribution in [0, 0.1) is 12.8 Å². The van der Waals surface area contributed by atoms with Gasteiger partial charge in [0.1, 0.15) is 6.04 Å². The predicted molar refractivity (Wildman–Crippen MR) is 87.8 cm³/mol. The first-order valence-electron chi connectivity index (χ1n) is 8.05. The van der Waals surface area contributed by atoms with Crippen molar-refractivity contribution in [3.05, 3.63) is 18.0 Å². The van der Waals surface area contributed by atoms with Crippen LogP contribution >= 0.6 is 0 Å². The van der Waals surface area contributed by atoms with E-state index in [9.17, 15) is 9.59 Å². The molecule has 23 heavy (non-hydrogen) atoms. The highest BCUT2D eigenvalue weighted by Crippen LogP contribution is 2.20. The highest BCUT2D eigenvalue weighted by Gasteiger charge is 2.34. The zero-order valence-electron chi connectivity index (χ0n) is 14.0. The van der Waals surface area contributed by atoms with Crippen LogP contribution in [-0.2, 0) is 9.59 Å². The average molecular weight is 319 g/mol. The van der Waals surface area contributed by atoms with Gasteiger partial charge in [0, 0.05) is 31.5 Å². The van der Waals surface area contributed by atoms with Crippen molar-refractivity contribution in [2.75, 3.05) is 18.4 Å². The van der Waals surface area contributed by atoms with E-state index in [4.69, 9.17) is 0 Å². The topological polar surface area (TPSA) is 87.2 Å². The van der Waals surface area contributed by atoms with Crippen LogP contribution in [0.15, 0.2) is 12.4 Å². The van der Waals surface area contributed by atoms with Gasteiger partial charge in [-0.3, -0.25) is 9.59 Å². The lowest BCUT2D eigenvalue weighted by atomic mass is 10.0. The summed E-state index contributed by atoms with van der Waals surface area (Å²) in [6, 6.07) is -0.370. The van der Waals surface area contributed by atoms with Crippen molar-refractivity contribution >= 4 is 18.3 Å². The average Bonchev–Trinajstić information content (AvgIpc) is 2.99. The predicted octanol–water partition coefficient (Wildman–Crippen LogP) is 0.959. The zero-order valence-corrected chi connectivity index (χ0v) is 14.0. The number of hydrogen-bond acceptors (Lipinski definition) is 5. The number of rotatable bonds is 7. The molecule has 0 aromatic carbocycles. The van der Waals surface area contributed by atoms with Gasteiger partial charge >= 0.3 is 0 Å². The Balaban J connectivity index is 1.97. The molecular formula is C16H25N5O2. The number of carbonyl (C=O) groups is 2. The number of hydrogen-bond donors (Lipinski definition) is 2. The molecule has 2 atom stereocenters. The Hall–Kier alpha value is -2.18. The number of anilines is 1. The minimum absolute atomic E-state index is 0.0128. The van der Waals surface area contributed by atoms with Crippen LogP contribution in [0.3, 0.4) is 0 Å². The van der Waals surface area contributed by atoms with E-state index in [1.54, 1.807) is 12.4 Å². The second kappa shape index (κ2) is 7.89. The molecule has 1 fully saturated rings. The molecule has 0 aliphatic carbocycles. The van der Waals surface area contributed by atoms with E-state index >= 15 is 0 Å². The van der Waals surface area contributed by atoms with E-state index in [2.05, 4.69) is 20.6 Å². The van der Waals surface area contributed by atoms with Gasteiger partial charge in [0.25, 0.3) is 0 Å². The zero-order chi connectivity index (χ0) is 16.8. The number of nitrogens with one attached hydrogen (secondary N) is 2. The third-order valence-electron chi connectivity index (χ3n) is 4.12. The molecule has 1 aromatic heterocycles. The maximum atomic E-state index is 12.7. The van der Waals surface area contributed by atoms with E-state index < -0.39 is 6.04 Å². The monoisotopic (exact) mass is 319 g/mol.